The first-order valence-electron chi connectivity index (χ1n) is 8.12. The smallest absolute Gasteiger partial charge is 0.159 e. The van der Waals surface area contributed by atoms with Crippen molar-refractivity contribution in [1.29, 1.82) is 0 Å². The second-order valence-electron chi connectivity index (χ2n) is 6.41. The Morgan fingerprint density at radius 2 is 1.83 bits per heavy atom. The van der Waals surface area contributed by atoms with E-state index in [1.54, 1.807) is 6.92 Å². The first kappa shape index (κ1) is 15.5. The summed E-state index contributed by atoms with van der Waals surface area (Å²) in [5, 5.41) is 0. The largest absolute Gasteiger partial charge is 0.295 e. The highest BCUT2D eigenvalue weighted by molar-refractivity contribution is 5.97. The van der Waals surface area contributed by atoms with Crippen LogP contribution >= 0.6 is 0 Å². The van der Waals surface area contributed by atoms with E-state index in [1.807, 2.05) is 12.1 Å². The number of Topliss-reactive ketones (excluding diaryl/α,β-unsaturated/α-hetero) is 1. The molecule has 2 aromatic carbocycles. The third-order valence-corrected chi connectivity index (χ3v) is 4.52. The maximum absolute atomic E-state index is 11.7. The van der Waals surface area contributed by atoms with Crippen LogP contribution in [-0.4, -0.2) is 5.78 Å². The molecule has 1 nitrogen and oxygen atoms in total. The molecule has 0 heterocycles. The lowest BCUT2D eigenvalue weighted by atomic mass is 9.86. The highest BCUT2D eigenvalue weighted by Gasteiger charge is 2.26. The van der Waals surface area contributed by atoms with Gasteiger partial charge in [-0.3, -0.25) is 4.79 Å². The maximum atomic E-state index is 11.7. The number of carbonyl (C=O) groups is 1. The van der Waals surface area contributed by atoms with Crippen LogP contribution in [0, 0.1) is 0 Å². The van der Waals surface area contributed by atoms with E-state index in [4.69, 9.17) is 0 Å². The molecule has 0 aliphatic heterocycles. The van der Waals surface area contributed by atoms with Crippen molar-refractivity contribution < 1.29 is 4.79 Å². The molecule has 0 saturated carbocycles. The molecule has 23 heavy (non-hydrogen) atoms. The highest BCUT2D eigenvalue weighted by Crippen LogP contribution is 2.45. The third kappa shape index (κ3) is 3.19. The Morgan fingerprint density at radius 1 is 1.09 bits per heavy atom. The van der Waals surface area contributed by atoms with Crippen LogP contribution in [0.2, 0.25) is 0 Å². The Morgan fingerprint density at radius 3 is 2.48 bits per heavy atom. The van der Waals surface area contributed by atoms with Crippen molar-refractivity contribution in [3.8, 4) is 0 Å². The summed E-state index contributed by atoms with van der Waals surface area (Å²) in [6.07, 6.45) is 4.31. The van der Waals surface area contributed by atoms with Crippen LogP contribution in [0.3, 0.4) is 0 Å². The van der Waals surface area contributed by atoms with E-state index in [0.29, 0.717) is 5.92 Å². The Bertz CT molecular complexity index is 781. The minimum Gasteiger partial charge on any atom is -0.295 e. The zero-order valence-corrected chi connectivity index (χ0v) is 13.8. The van der Waals surface area contributed by atoms with Crippen LogP contribution in [0.4, 0.5) is 0 Å². The standard InChI is InChI=1S/C22H22O/c1-15(2)9-12-20-21(17-7-5-4-6-8-17)14-19-11-10-18(16(3)23)13-22(19)20/h4-8,10-11,13-14,20H,1,9,12H2,2-3H3. The normalized spacial score (nSPS) is 15.9. The lowest BCUT2D eigenvalue weighted by Gasteiger charge is -2.18. The van der Waals surface area contributed by atoms with Gasteiger partial charge in [0.25, 0.3) is 0 Å². The fraction of sp³-hybridized carbons (Fsp3) is 0.227. The number of ketones is 1. The van der Waals surface area contributed by atoms with Crippen molar-refractivity contribution in [3.05, 3.63) is 82.9 Å². The fourth-order valence-electron chi connectivity index (χ4n) is 3.28. The predicted molar refractivity (Wildman–Crippen MR) is 97.5 cm³/mol. The monoisotopic (exact) mass is 302 g/mol. The molecular weight excluding hydrogens is 280 g/mol. The van der Waals surface area contributed by atoms with Gasteiger partial charge >= 0.3 is 0 Å². The number of fused-ring (bicyclic) bond motifs is 1. The highest BCUT2D eigenvalue weighted by atomic mass is 16.1. The van der Waals surface area contributed by atoms with Gasteiger partial charge in [0.05, 0.1) is 0 Å². The van der Waals surface area contributed by atoms with E-state index in [2.05, 4.69) is 56.0 Å². The number of rotatable bonds is 5. The van der Waals surface area contributed by atoms with Crippen LogP contribution < -0.4 is 0 Å². The molecule has 0 N–H and O–H groups in total. The number of benzene rings is 2. The number of hydrogen-bond acceptors (Lipinski definition) is 1. The van der Waals surface area contributed by atoms with E-state index in [0.717, 1.165) is 18.4 Å². The summed E-state index contributed by atoms with van der Waals surface area (Å²) in [5.74, 6) is 0.461. The molecule has 3 rings (SSSR count). The molecule has 1 aliphatic carbocycles. The van der Waals surface area contributed by atoms with Crippen LogP contribution in [0.1, 0.15) is 59.7 Å². The molecule has 0 fully saturated rings. The first-order chi connectivity index (χ1) is 11.1. The Hall–Kier alpha value is -2.41. The molecule has 1 aliphatic rings. The van der Waals surface area contributed by atoms with Gasteiger partial charge < -0.3 is 0 Å². The molecule has 0 bridgehead atoms. The Kier molecular flexibility index (Phi) is 4.29. The summed E-state index contributed by atoms with van der Waals surface area (Å²) in [4.78, 5) is 11.7. The Labute approximate surface area is 138 Å². The lowest BCUT2D eigenvalue weighted by Crippen LogP contribution is -2.02. The van der Waals surface area contributed by atoms with E-state index in [9.17, 15) is 4.79 Å². The van der Waals surface area contributed by atoms with Crippen molar-refractivity contribution in [3.63, 3.8) is 0 Å². The van der Waals surface area contributed by atoms with Crippen LogP contribution in [0.25, 0.3) is 11.6 Å². The quantitative estimate of drug-likeness (QED) is 0.497. The number of hydrogen-bond donors (Lipinski definition) is 0. The zero-order valence-electron chi connectivity index (χ0n) is 13.8. The molecule has 116 valence electrons. The minimum atomic E-state index is 0.125. The average molecular weight is 302 g/mol. The number of carbonyl (C=O) groups excluding carboxylic acids is 1. The molecule has 1 unspecified atom stereocenters. The molecule has 0 spiro atoms. The van der Waals surface area contributed by atoms with E-state index in [-0.39, 0.29) is 5.78 Å². The van der Waals surface area contributed by atoms with E-state index >= 15 is 0 Å². The van der Waals surface area contributed by atoms with Gasteiger partial charge in [0, 0.05) is 11.5 Å². The van der Waals surface area contributed by atoms with Gasteiger partial charge in [-0.25, -0.2) is 0 Å². The first-order valence-corrected chi connectivity index (χ1v) is 8.12. The van der Waals surface area contributed by atoms with Crippen LogP contribution in [0.5, 0.6) is 0 Å². The zero-order chi connectivity index (χ0) is 16.4. The topological polar surface area (TPSA) is 17.1 Å². The fourth-order valence-corrected chi connectivity index (χ4v) is 3.28. The summed E-state index contributed by atoms with van der Waals surface area (Å²) < 4.78 is 0. The summed E-state index contributed by atoms with van der Waals surface area (Å²) in [5.41, 5.74) is 7.13. The van der Waals surface area contributed by atoms with Gasteiger partial charge in [-0.1, -0.05) is 54.1 Å². The molecule has 0 saturated heterocycles. The molecule has 1 atom stereocenters. The van der Waals surface area contributed by atoms with Gasteiger partial charge in [-0.2, -0.15) is 0 Å². The Balaban J connectivity index is 2.03. The van der Waals surface area contributed by atoms with Crippen molar-refractivity contribution in [2.75, 3.05) is 0 Å². The lowest BCUT2D eigenvalue weighted by molar-refractivity contribution is 0.101. The molecule has 2 aromatic rings. The molecule has 0 aromatic heterocycles. The second kappa shape index (κ2) is 6.37. The average Bonchev–Trinajstić information content (AvgIpc) is 2.91. The SMILES string of the molecule is C=C(C)CCC1C(c2ccccc2)=Cc2ccc(C(C)=O)cc21. The maximum Gasteiger partial charge on any atom is 0.159 e. The van der Waals surface area contributed by atoms with Gasteiger partial charge in [-0.15, -0.1) is 6.58 Å². The van der Waals surface area contributed by atoms with E-state index in [1.165, 1.54) is 27.8 Å². The summed E-state index contributed by atoms with van der Waals surface area (Å²) >= 11 is 0. The van der Waals surface area contributed by atoms with E-state index < -0.39 is 0 Å². The van der Waals surface area contributed by atoms with Crippen molar-refractivity contribution >= 4 is 17.4 Å². The van der Waals surface area contributed by atoms with Gasteiger partial charge in [0.2, 0.25) is 0 Å². The van der Waals surface area contributed by atoms with Crippen molar-refractivity contribution in [1.82, 2.24) is 0 Å². The van der Waals surface area contributed by atoms with Gasteiger partial charge in [0.15, 0.2) is 5.78 Å². The third-order valence-electron chi connectivity index (χ3n) is 4.52. The van der Waals surface area contributed by atoms with Gasteiger partial charge in [0.1, 0.15) is 0 Å². The van der Waals surface area contributed by atoms with Crippen LogP contribution in [-0.2, 0) is 0 Å². The second-order valence-corrected chi connectivity index (χ2v) is 6.41. The van der Waals surface area contributed by atoms with Gasteiger partial charge in [-0.05, 0) is 55.0 Å². The minimum absolute atomic E-state index is 0.125. The molecule has 1 heteroatoms. The predicted octanol–water partition coefficient (Wildman–Crippen LogP) is 5.88. The molecular formula is C22H22O. The molecule has 0 amide bonds. The number of allylic oxidation sites excluding steroid dienone is 2. The molecule has 0 radical (unpaired) electrons. The summed E-state index contributed by atoms with van der Waals surface area (Å²) in [6, 6.07) is 16.6. The van der Waals surface area contributed by atoms with Crippen molar-refractivity contribution in [2.45, 2.75) is 32.6 Å². The van der Waals surface area contributed by atoms with Crippen LogP contribution in [0.15, 0.2) is 60.7 Å². The van der Waals surface area contributed by atoms with Crippen molar-refractivity contribution in [2.24, 2.45) is 0 Å². The summed E-state index contributed by atoms with van der Waals surface area (Å²) in [7, 11) is 0. The summed E-state index contributed by atoms with van der Waals surface area (Å²) in [6.45, 7) is 7.75.